The maximum absolute atomic E-state index is 12.7. The Morgan fingerprint density at radius 3 is 2.38 bits per heavy atom. The van der Waals surface area contributed by atoms with Crippen LogP contribution in [0, 0.1) is 11.3 Å². The number of hydrogen-bond acceptors (Lipinski definition) is 6. The fourth-order valence-electron chi connectivity index (χ4n) is 3.11. The van der Waals surface area contributed by atoms with Crippen molar-refractivity contribution in [3.63, 3.8) is 0 Å². The molecule has 1 heterocycles. The zero-order valence-electron chi connectivity index (χ0n) is 16.1. The Hall–Kier alpha value is -2.89. The van der Waals surface area contributed by atoms with Crippen LogP contribution in [0.15, 0.2) is 47.4 Å². The minimum absolute atomic E-state index is 0.157. The Morgan fingerprint density at radius 2 is 1.76 bits per heavy atom. The maximum atomic E-state index is 12.7. The summed E-state index contributed by atoms with van der Waals surface area (Å²) in [5.74, 6) is -0.150. The fraction of sp³-hybridized carbons (Fsp3) is 0.333. The molecular weight excluding hydrogens is 392 g/mol. The first-order valence-electron chi connectivity index (χ1n) is 9.45. The summed E-state index contributed by atoms with van der Waals surface area (Å²) in [5.41, 5.74) is 0.606. The van der Waals surface area contributed by atoms with Crippen molar-refractivity contribution in [1.29, 1.82) is 5.26 Å². The predicted octanol–water partition coefficient (Wildman–Crippen LogP) is 3.35. The number of nitrogens with zero attached hydrogens (tertiary/aromatic N) is 2. The first-order valence-corrected chi connectivity index (χ1v) is 10.9. The number of hydrogen-bond donors (Lipinski definition) is 0. The van der Waals surface area contributed by atoms with Gasteiger partial charge in [-0.25, -0.2) is 13.2 Å². The molecule has 0 amide bonds. The number of benzene rings is 2. The molecule has 1 fully saturated rings. The van der Waals surface area contributed by atoms with E-state index in [2.05, 4.69) is 0 Å². The van der Waals surface area contributed by atoms with Crippen molar-refractivity contribution in [3.05, 3.63) is 53.6 Å². The van der Waals surface area contributed by atoms with E-state index in [1.165, 1.54) is 46.8 Å². The summed E-state index contributed by atoms with van der Waals surface area (Å²) in [7, 11) is -3.55. The molecule has 1 saturated heterocycles. The van der Waals surface area contributed by atoms with Gasteiger partial charge in [0.05, 0.1) is 28.7 Å². The molecule has 0 aliphatic carbocycles. The standard InChI is InChI=1S/C21H22N2O5S/c1-2-27-20-14-16(15-22)6-11-19(20)28-21(24)17-7-9-18(10-8-17)29(25,26)23-12-4-3-5-13-23/h6-11,14H,2-5,12-13H2,1H3. The van der Waals surface area contributed by atoms with Gasteiger partial charge in [0.15, 0.2) is 11.5 Å². The van der Waals surface area contributed by atoms with Gasteiger partial charge in [-0.1, -0.05) is 6.42 Å². The van der Waals surface area contributed by atoms with Crippen LogP contribution < -0.4 is 9.47 Å². The van der Waals surface area contributed by atoms with E-state index in [4.69, 9.17) is 14.7 Å². The lowest BCUT2D eigenvalue weighted by Gasteiger charge is -2.25. The lowest BCUT2D eigenvalue weighted by molar-refractivity contribution is 0.0728. The Kier molecular flexibility index (Phi) is 6.52. The van der Waals surface area contributed by atoms with Crippen LogP contribution in [0.1, 0.15) is 42.1 Å². The van der Waals surface area contributed by atoms with Crippen molar-refractivity contribution in [2.45, 2.75) is 31.1 Å². The summed E-state index contributed by atoms with van der Waals surface area (Å²) >= 11 is 0. The van der Waals surface area contributed by atoms with Crippen molar-refractivity contribution in [2.24, 2.45) is 0 Å². The average molecular weight is 414 g/mol. The second kappa shape index (κ2) is 9.07. The first kappa shape index (κ1) is 20.8. The Morgan fingerprint density at radius 1 is 1.07 bits per heavy atom. The fourth-order valence-corrected chi connectivity index (χ4v) is 4.62. The molecule has 8 heteroatoms. The number of ether oxygens (including phenoxy) is 2. The minimum Gasteiger partial charge on any atom is -0.490 e. The second-order valence-corrected chi connectivity index (χ2v) is 8.52. The number of piperidine rings is 1. The first-order chi connectivity index (χ1) is 14.0. The van der Waals surface area contributed by atoms with Gasteiger partial charge < -0.3 is 9.47 Å². The highest BCUT2D eigenvalue weighted by Gasteiger charge is 2.26. The number of carbonyl (C=O) groups excluding carboxylic acids is 1. The third kappa shape index (κ3) is 4.75. The molecule has 0 spiro atoms. The third-order valence-corrected chi connectivity index (χ3v) is 6.53. The monoisotopic (exact) mass is 414 g/mol. The van der Waals surface area contributed by atoms with Crippen LogP contribution in [-0.2, 0) is 10.0 Å². The number of rotatable bonds is 6. The molecule has 0 unspecified atom stereocenters. The second-order valence-electron chi connectivity index (χ2n) is 6.58. The molecule has 2 aromatic rings. The van der Waals surface area contributed by atoms with Crippen molar-refractivity contribution in [2.75, 3.05) is 19.7 Å². The van der Waals surface area contributed by atoms with E-state index in [1.807, 2.05) is 6.07 Å². The van der Waals surface area contributed by atoms with Crippen LogP contribution in [-0.4, -0.2) is 38.4 Å². The highest BCUT2D eigenvalue weighted by atomic mass is 32.2. The van der Waals surface area contributed by atoms with E-state index in [9.17, 15) is 13.2 Å². The molecule has 0 aromatic heterocycles. The van der Waals surface area contributed by atoms with E-state index in [0.29, 0.717) is 31.0 Å². The van der Waals surface area contributed by atoms with E-state index in [1.54, 1.807) is 6.92 Å². The maximum Gasteiger partial charge on any atom is 0.343 e. The summed E-state index contributed by atoms with van der Waals surface area (Å²) in [6, 6.07) is 12.2. The summed E-state index contributed by atoms with van der Waals surface area (Å²) in [5, 5.41) is 9.00. The number of esters is 1. The predicted molar refractivity (Wildman–Crippen MR) is 106 cm³/mol. The highest BCUT2D eigenvalue weighted by molar-refractivity contribution is 7.89. The molecule has 0 saturated carbocycles. The highest BCUT2D eigenvalue weighted by Crippen LogP contribution is 2.29. The molecule has 7 nitrogen and oxygen atoms in total. The molecule has 0 N–H and O–H groups in total. The van der Waals surface area contributed by atoms with Gasteiger partial charge >= 0.3 is 5.97 Å². The average Bonchev–Trinajstić information content (AvgIpc) is 2.75. The summed E-state index contributed by atoms with van der Waals surface area (Å²) in [4.78, 5) is 12.6. The van der Waals surface area contributed by atoms with Gasteiger partial charge in [0.2, 0.25) is 10.0 Å². The van der Waals surface area contributed by atoms with Crippen LogP contribution in [0.4, 0.5) is 0 Å². The van der Waals surface area contributed by atoms with Crippen LogP contribution in [0.25, 0.3) is 0 Å². The molecular formula is C21H22N2O5S. The van der Waals surface area contributed by atoms with E-state index in [0.717, 1.165) is 19.3 Å². The zero-order chi connectivity index (χ0) is 20.9. The van der Waals surface area contributed by atoms with Crippen LogP contribution >= 0.6 is 0 Å². The van der Waals surface area contributed by atoms with E-state index < -0.39 is 16.0 Å². The number of sulfonamides is 1. The summed E-state index contributed by atoms with van der Waals surface area (Å²) in [6.45, 7) is 3.17. The largest absolute Gasteiger partial charge is 0.490 e. The molecule has 0 bridgehead atoms. The van der Waals surface area contributed by atoms with Crippen molar-refractivity contribution < 1.29 is 22.7 Å². The lowest BCUT2D eigenvalue weighted by Crippen LogP contribution is -2.35. The SMILES string of the molecule is CCOc1cc(C#N)ccc1OC(=O)c1ccc(S(=O)(=O)N2CCCCC2)cc1. The normalized spacial score (nSPS) is 14.8. The molecule has 152 valence electrons. The minimum atomic E-state index is -3.55. The smallest absolute Gasteiger partial charge is 0.343 e. The molecule has 1 aliphatic rings. The van der Waals surface area contributed by atoms with Crippen molar-refractivity contribution >= 4 is 16.0 Å². The topological polar surface area (TPSA) is 96.7 Å². The number of nitriles is 1. The van der Waals surface area contributed by atoms with Crippen LogP contribution in [0.5, 0.6) is 11.5 Å². The quantitative estimate of drug-likeness (QED) is 0.531. The molecule has 0 radical (unpaired) electrons. The molecule has 1 aliphatic heterocycles. The molecule has 3 rings (SSSR count). The van der Waals surface area contributed by atoms with Gasteiger partial charge in [-0.05, 0) is 56.2 Å². The molecule has 2 aromatic carbocycles. The molecule has 0 atom stereocenters. The van der Waals surface area contributed by atoms with Crippen LogP contribution in [0.2, 0.25) is 0 Å². The van der Waals surface area contributed by atoms with Gasteiger partial charge in [0.25, 0.3) is 0 Å². The Balaban J connectivity index is 1.77. The van der Waals surface area contributed by atoms with Crippen molar-refractivity contribution in [3.8, 4) is 17.6 Å². The lowest BCUT2D eigenvalue weighted by atomic mass is 10.2. The van der Waals surface area contributed by atoms with Gasteiger partial charge in [-0.15, -0.1) is 0 Å². The van der Waals surface area contributed by atoms with Gasteiger partial charge in [-0.3, -0.25) is 0 Å². The van der Waals surface area contributed by atoms with E-state index in [-0.39, 0.29) is 16.2 Å². The van der Waals surface area contributed by atoms with Gasteiger partial charge in [-0.2, -0.15) is 9.57 Å². The molecule has 29 heavy (non-hydrogen) atoms. The van der Waals surface area contributed by atoms with Crippen LogP contribution in [0.3, 0.4) is 0 Å². The third-order valence-electron chi connectivity index (χ3n) is 4.62. The number of carbonyl (C=O) groups is 1. The zero-order valence-corrected chi connectivity index (χ0v) is 16.9. The Bertz CT molecular complexity index is 1020. The summed E-state index contributed by atoms with van der Waals surface area (Å²) < 4.78 is 37.7. The summed E-state index contributed by atoms with van der Waals surface area (Å²) in [6.07, 6.45) is 2.75. The Labute approximate surface area is 170 Å². The van der Waals surface area contributed by atoms with Gasteiger partial charge in [0.1, 0.15) is 0 Å². The van der Waals surface area contributed by atoms with Crippen molar-refractivity contribution in [1.82, 2.24) is 4.31 Å². The van der Waals surface area contributed by atoms with E-state index >= 15 is 0 Å². The van der Waals surface area contributed by atoms with Gasteiger partial charge in [0, 0.05) is 19.2 Å².